The van der Waals surface area contributed by atoms with E-state index < -0.39 is 29.3 Å². The van der Waals surface area contributed by atoms with Crippen LogP contribution in [0.1, 0.15) is 60.8 Å². The lowest BCUT2D eigenvalue weighted by Crippen LogP contribution is -2.22. The summed E-state index contributed by atoms with van der Waals surface area (Å²) in [4.78, 5) is 22.0. The van der Waals surface area contributed by atoms with Gasteiger partial charge in [0.25, 0.3) is 5.91 Å². The normalized spacial score (nSPS) is 14.4. The number of fused-ring (bicyclic) bond motifs is 1. The molecule has 1 aromatic carbocycles. The Kier molecular flexibility index (Phi) is 6.05. The van der Waals surface area contributed by atoms with Crippen LogP contribution in [-0.4, -0.2) is 27.3 Å². The molecule has 1 aliphatic heterocycles. The number of amides is 1. The molecule has 1 atom stereocenters. The van der Waals surface area contributed by atoms with E-state index in [9.17, 15) is 13.6 Å². The molecule has 2 aromatic heterocycles. The maximum atomic E-state index is 15.1. The molecule has 178 valence electrons. The first kappa shape index (κ1) is 23.7. The summed E-state index contributed by atoms with van der Waals surface area (Å²) in [6.45, 7) is 6.90. The lowest BCUT2D eigenvalue weighted by Gasteiger charge is -2.19. The second-order valence-corrected chi connectivity index (χ2v) is 8.76. The van der Waals surface area contributed by atoms with Crippen LogP contribution in [0.5, 0.6) is 0 Å². The third-order valence-electron chi connectivity index (χ3n) is 5.97. The Morgan fingerprint density at radius 2 is 1.85 bits per heavy atom. The summed E-state index contributed by atoms with van der Waals surface area (Å²) in [5.74, 6) is -2.25. The number of rotatable bonds is 6. The summed E-state index contributed by atoms with van der Waals surface area (Å²) in [7, 11) is 0. The number of carbonyl (C=O) groups excluding carboxylic acids is 1. The first-order chi connectivity index (χ1) is 16.0. The Bertz CT molecular complexity index is 1270. The summed E-state index contributed by atoms with van der Waals surface area (Å²) in [5.41, 5.74) is -1.16. The van der Waals surface area contributed by atoms with Crippen LogP contribution in [-0.2, 0) is 12.2 Å². The lowest BCUT2D eigenvalue weighted by molar-refractivity contribution is 0.0787. The fourth-order valence-corrected chi connectivity index (χ4v) is 4.02. The number of nitrogens with one attached hydrogen (secondary N) is 1. The molecule has 1 aliphatic rings. The van der Waals surface area contributed by atoms with E-state index in [1.165, 1.54) is 26.1 Å². The Morgan fingerprint density at radius 3 is 2.53 bits per heavy atom. The highest BCUT2D eigenvalue weighted by molar-refractivity contribution is 5.99. The smallest absolute Gasteiger partial charge is 0.254 e. The maximum Gasteiger partial charge on any atom is 0.254 e. The van der Waals surface area contributed by atoms with Gasteiger partial charge in [0.2, 0.25) is 5.95 Å². The van der Waals surface area contributed by atoms with Crippen molar-refractivity contribution < 1.29 is 22.4 Å². The topological polar surface area (TPSA) is 58.1 Å². The van der Waals surface area contributed by atoms with Crippen molar-refractivity contribution in [2.45, 2.75) is 46.0 Å². The average molecular weight is 472 g/mol. The van der Waals surface area contributed by atoms with Crippen molar-refractivity contribution in [2.75, 3.05) is 11.9 Å². The van der Waals surface area contributed by atoms with Gasteiger partial charge in [-0.05, 0) is 63.6 Å². The molecule has 4 rings (SSSR count). The van der Waals surface area contributed by atoms with Crippen molar-refractivity contribution in [1.29, 1.82) is 0 Å². The van der Waals surface area contributed by atoms with Gasteiger partial charge >= 0.3 is 0 Å². The van der Waals surface area contributed by atoms with E-state index >= 15 is 8.78 Å². The van der Waals surface area contributed by atoms with Gasteiger partial charge in [0.15, 0.2) is 0 Å². The first-order valence-corrected chi connectivity index (χ1v) is 10.9. The first-order valence-electron chi connectivity index (χ1n) is 10.9. The standard InChI is InChI=1S/C25H24F4N4O/c1-5-33-12-18-15(24(33)34)6-7-30-23(18)31-13(2)16-10-20(27)17(11-19(16)26)21-8-14(25(3,4)29)9-22(28)32-21/h6-11,13H,5,12H2,1-4H3,(H,30,31). The van der Waals surface area contributed by atoms with Crippen LogP contribution >= 0.6 is 0 Å². The highest BCUT2D eigenvalue weighted by Crippen LogP contribution is 2.34. The zero-order chi connectivity index (χ0) is 24.8. The molecule has 1 N–H and O–H groups in total. The van der Waals surface area contributed by atoms with Crippen LogP contribution in [0.25, 0.3) is 11.3 Å². The van der Waals surface area contributed by atoms with E-state index in [1.54, 1.807) is 17.9 Å². The molecule has 1 unspecified atom stereocenters. The molecule has 0 bridgehead atoms. The molecule has 0 fully saturated rings. The van der Waals surface area contributed by atoms with Gasteiger partial charge < -0.3 is 10.2 Å². The predicted octanol–water partition coefficient (Wildman–Crippen LogP) is 5.91. The monoisotopic (exact) mass is 472 g/mol. The molecule has 1 amide bonds. The molecular formula is C25H24F4N4O. The van der Waals surface area contributed by atoms with Gasteiger partial charge in [-0.3, -0.25) is 4.79 Å². The number of anilines is 1. The van der Waals surface area contributed by atoms with Gasteiger partial charge in [-0.2, -0.15) is 4.39 Å². The quantitative estimate of drug-likeness (QED) is 0.358. The van der Waals surface area contributed by atoms with Gasteiger partial charge in [0.05, 0.1) is 18.3 Å². The van der Waals surface area contributed by atoms with E-state index in [0.717, 1.165) is 18.2 Å². The van der Waals surface area contributed by atoms with Crippen LogP contribution in [0.15, 0.2) is 36.5 Å². The van der Waals surface area contributed by atoms with Gasteiger partial charge in [-0.25, -0.2) is 23.1 Å². The summed E-state index contributed by atoms with van der Waals surface area (Å²) < 4.78 is 58.4. The largest absolute Gasteiger partial charge is 0.363 e. The lowest BCUT2D eigenvalue weighted by atomic mass is 9.97. The van der Waals surface area contributed by atoms with Gasteiger partial charge in [-0.1, -0.05) is 0 Å². The third-order valence-corrected chi connectivity index (χ3v) is 5.97. The predicted molar refractivity (Wildman–Crippen MR) is 120 cm³/mol. The number of hydrogen-bond acceptors (Lipinski definition) is 4. The molecule has 3 heterocycles. The van der Waals surface area contributed by atoms with E-state index in [0.29, 0.717) is 30.0 Å². The van der Waals surface area contributed by atoms with Crippen LogP contribution < -0.4 is 5.32 Å². The molecule has 0 aliphatic carbocycles. The summed E-state index contributed by atoms with van der Waals surface area (Å²) in [6.07, 6.45) is 1.49. The zero-order valence-electron chi connectivity index (χ0n) is 19.2. The van der Waals surface area contributed by atoms with Crippen molar-refractivity contribution in [2.24, 2.45) is 0 Å². The third kappa shape index (κ3) is 4.34. The van der Waals surface area contributed by atoms with Crippen LogP contribution in [0, 0.1) is 17.6 Å². The summed E-state index contributed by atoms with van der Waals surface area (Å²) in [6, 6.07) is 4.99. The minimum atomic E-state index is -1.89. The minimum absolute atomic E-state index is 0.0137. The van der Waals surface area contributed by atoms with E-state index in [4.69, 9.17) is 0 Å². The summed E-state index contributed by atoms with van der Waals surface area (Å²) in [5, 5.41) is 3.07. The van der Waals surface area contributed by atoms with Crippen molar-refractivity contribution in [3.8, 4) is 11.3 Å². The Balaban J connectivity index is 1.66. The molecule has 0 spiro atoms. The fraction of sp³-hybridized carbons (Fsp3) is 0.320. The number of halogens is 4. The number of alkyl halides is 1. The highest BCUT2D eigenvalue weighted by Gasteiger charge is 2.30. The van der Waals surface area contributed by atoms with Gasteiger partial charge in [0, 0.05) is 35.0 Å². The molecule has 0 radical (unpaired) electrons. The Hall–Kier alpha value is -3.49. The molecule has 34 heavy (non-hydrogen) atoms. The number of aromatic nitrogens is 2. The van der Waals surface area contributed by atoms with Crippen LogP contribution in [0.2, 0.25) is 0 Å². The molecule has 3 aromatic rings. The maximum absolute atomic E-state index is 15.1. The number of nitrogens with zero attached hydrogens (tertiary/aromatic N) is 3. The Labute approximate surface area is 194 Å². The van der Waals surface area contributed by atoms with E-state index in [1.807, 2.05) is 6.92 Å². The number of hydrogen-bond donors (Lipinski definition) is 1. The molecule has 5 nitrogen and oxygen atoms in total. The number of benzene rings is 1. The van der Waals surface area contributed by atoms with Crippen molar-refractivity contribution >= 4 is 11.7 Å². The summed E-state index contributed by atoms with van der Waals surface area (Å²) >= 11 is 0. The average Bonchev–Trinajstić information content (AvgIpc) is 3.10. The zero-order valence-corrected chi connectivity index (χ0v) is 19.2. The van der Waals surface area contributed by atoms with E-state index in [-0.39, 0.29) is 28.3 Å². The molecular weight excluding hydrogens is 448 g/mol. The SMILES string of the molecule is CCN1Cc2c(ccnc2NC(C)c2cc(F)c(-c3cc(C(C)(C)F)cc(F)n3)cc2F)C1=O. The number of carbonyl (C=O) groups is 1. The van der Waals surface area contributed by atoms with Crippen molar-refractivity contribution in [1.82, 2.24) is 14.9 Å². The molecule has 0 saturated carbocycles. The number of pyridine rings is 2. The van der Waals surface area contributed by atoms with Gasteiger partial charge in [0.1, 0.15) is 23.1 Å². The minimum Gasteiger partial charge on any atom is -0.363 e. The van der Waals surface area contributed by atoms with E-state index in [2.05, 4.69) is 15.3 Å². The van der Waals surface area contributed by atoms with Crippen molar-refractivity contribution in [3.63, 3.8) is 0 Å². The van der Waals surface area contributed by atoms with Gasteiger partial charge in [-0.15, -0.1) is 0 Å². The van der Waals surface area contributed by atoms with Crippen LogP contribution in [0.4, 0.5) is 23.4 Å². The molecule has 0 saturated heterocycles. The van der Waals surface area contributed by atoms with Crippen molar-refractivity contribution in [3.05, 3.63) is 76.4 Å². The second kappa shape index (κ2) is 8.70. The molecule has 9 heteroatoms. The Morgan fingerprint density at radius 1 is 1.12 bits per heavy atom. The second-order valence-electron chi connectivity index (χ2n) is 8.76. The van der Waals surface area contributed by atoms with Crippen LogP contribution in [0.3, 0.4) is 0 Å². The highest BCUT2D eigenvalue weighted by atomic mass is 19.1. The fourth-order valence-electron chi connectivity index (χ4n) is 4.02.